The van der Waals surface area contributed by atoms with Gasteiger partial charge in [0.2, 0.25) is 0 Å². The van der Waals surface area contributed by atoms with Crippen molar-refractivity contribution < 1.29 is 9.47 Å². The summed E-state index contributed by atoms with van der Waals surface area (Å²) >= 11 is 0. The van der Waals surface area contributed by atoms with Gasteiger partial charge in [-0.25, -0.2) is 0 Å². The van der Waals surface area contributed by atoms with Gasteiger partial charge >= 0.3 is 0 Å². The molecular weight excluding hydrogens is 230 g/mol. The van der Waals surface area contributed by atoms with E-state index in [1.165, 1.54) is 6.20 Å². The van der Waals surface area contributed by atoms with E-state index in [4.69, 9.17) is 20.0 Å². The molecular formula is C13H11N3O2. The van der Waals surface area contributed by atoms with Crippen LogP contribution in [0.15, 0.2) is 36.0 Å². The van der Waals surface area contributed by atoms with Crippen molar-refractivity contribution in [3.63, 3.8) is 0 Å². The normalized spacial score (nSPS) is 16.0. The summed E-state index contributed by atoms with van der Waals surface area (Å²) < 4.78 is 11.2. The second-order valence-corrected chi connectivity index (χ2v) is 3.69. The first-order valence-electron chi connectivity index (χ1n) is 5.45. The Morgan fingerprint density at radius 2 is 2.06 bits per heavy atom. The molecule has 0 amide bonds. The summed E-state index contributed by atoms with van der Waals surface area (Å²) in [5.74, 6) is 1.44. The Morgan fingerprint density at radius 3 is 2.78 bits per heavy atom. The Hall–Kier alpha value is -2.66. The van der Waals surface area contributed by atoms with E-state index in [-0.39, 0.29) is 11.7 Å². The summed E-state index contributed by atoms with van der Waals surface area (Å²) in [6.45, 7) is 0.910. The molecule has 1 aromatic rings. The average molecular weight is 241 g/mol. The highest BCUT2D eigenvalue weighted by Crippen LogP contribution is 2.30. The Balaban J connectivity index is 1.90. The van der Waals surface area contributed by atoms with Gasteiger partial charge in [-0.15, -0.1) is 0 Å². The predicted molar refractivity (Wildman–Crippen MR) is 63.7 cm³/mol. The number of benzene rings is 1. The fraction of sp³-hybridized carbons (Fsp3) is 0.231. The maximum absolute atomic E-state index is 8.56. The topological polar surface area (TPSA) is 78.1 Å². The van der Waals surface area contributed by atoms with Gasteiger partial charge in [-0.2, -0.15) is 10.5 Å². The Bertz CT molecular complexity index is 524. The third-order valence-corrected chi connectivity index (χ3v) is 2.40. The molecule has 0 unspecified atom stereocenters. The number of hydrogen-bond donors (Lipinski definition) is 1. The van der Waals surface area contributed by atoms with Gasteiger partial charge < -0.3 is 14.8 Å². The molecule has 5 nitrogen and oxygen atoms in total. The van der Waals surface area contributed by atoms with Crippen LogP contribution in [0.25, 0.3) is 0 Å². The molecule has 0 bridgehead atoms. The third kappa shape index (κ3) is 2.72. The zero-order valence-electron chi connectivity index (χ0n) is 9.59. The second kappa shape index (κ2) is 5.60. The lowest BCUT2D eigenvalue weighted by Gasteiger charge is -2.26. The lowest BCUT2D eigenvalue weighted by atomic mass is 10.2. The van der Waals surface area contributed by atoms with Gasteiger partial charge in [-0.05, 0) is 12.1 Å². The predicted octanol–water partition coefficient (Wildman–Crippen LogP) is 1.35. The smallest absolute Gasteiger partial charge is 0.161 e. The van der Waals surface area contributed by atoms with Crippen LogP contribution in [0, 0.1) is 22.7 Å². The lowest BCUT2D eigenvalue weighted by Crippen LogP contribution is -2.37. The number of hydrogen-bond acceptors (Lipinski definition) is 5. The molecule has 0 aromatic heterocycles. The van der Waals surface area contributed by atoms with Crippen LogP contribution in [0.4, 0.5) is 0 Å². The van der Waals surface area contributed by atoms with Crippen molar-refractivity contribution in [1.29, 1.82) is 10.5 Å². The van der Waals surface area contributed by atoms with E-state index >= 15 is 0 Å². The van der Waals surface area contributed by atoms with Gasteiger partial charge in [0.25, 0.3) is 0 Å². The first kappa shape index (κ1) is 11.8. The van der Waals surface area contributed by atoms with Gasteiger partial charge in [0, 0.05) is 6.20 Å². The minimum atomic E-state index is -0.144. The summed E-state index contributed by atoms with van der Waals surface area (Å²) in [6, 6.07) is 11.0. The van der Waals surface area contributed by atoms with Crippen LogP contribution >= 0.6 is 0 Å². The molecule has 0 spiro atoms. The van der Waals surface area contributed by atoms with Gasteiger partial charge in [-0.1, -0.05) is 12.1 Å². The number of rotatable bonds is 3. The van der Waals surface area contributed by atoms with Crippen molar-refractivity contribution in [3.8, 4) is 23.6 Å². The first-order valence-corrected chi connectivity index (χ1v) is 5.45. The molecule has 1 aromatic carbocycles. The summed E-state index contributed by atoms with van der Waals surface area (Å²) in [6.07, 6.45) is 1.24. The number of nitriles is 2. The molecule has 1 heterocycles. The van der Waals surface area contributed by atoms with E-state index in [0.717, 1.165) is 5.75 Å². The van der Waals surface area contributed by atoms with Crippen LogP contribution in [0.5, 0.6) is 11.5 Å². The number of fused-ring (bicyclic) bond motifs is 1. The van der Waals surface area contributed by atoms with Gasteiger partial charge in [0.15, 0.2) is 11.5 Å². The lowest BCUT2D eigenvalue weighted by molar-refractivity contribution is 0.0928. The highest BCUT2D eigenvalue weighted by molar-refractivity contribution is 5.40. The van der Waals surface area contributed by atoms with E-state index in [1.54, 1.807) is 12.1 Å². The van der Waals surface area contributed by atoms with Crippen LogP contribution in [0.1, 0.15) is 0 Å². The van der Waals surface area contributed by atoms with Gasteiger partial charge in [0.05, 0.1) is 6.54 Å². The number of allylic oxidation sites excluding steroid dienone is 1. The Morgan fingerprint density at radius 1 is 1.33 bits per heavy atom. The summed E-state index contributed by atoms with van der Waals surface area (Å²) in [5.41, 5.74) is 0.0344. The number of nitrogens with one attached hydrogen (secondary N) is 1. The highest BCUT2D eigenvalue weighted by atomic mass is 16.6. The van der Waals surface area contributed by atoms with E-state index in [2.05, 4.69) is 5.32 Å². The third-order valence-electron chi connectivity index (χ3n) is 2.40. The molecule has 0 saturated carbocycles. The van der Waals surface area contributed by atoms with Crippen molar-refractivity contribution in [2.45, 2.75) is 6.10 Å². The second-order valence-electron chi connectivity index (χ2n) is 3.69. The molecule has 0 fully saturated rings. The van der Waals surface area contributed by atoms with E-state index in [1.807, 2.05) is 24.3 Å². The molecule has 0 aliphatic carbocycles. The fourth-order valence-corrected chi connectivity index (χ4v) is 1.55. The maximum Gasteiger partial charge on any atom is 0.161 e. The van der Waals surface area contributed by atoms with Crippen LogP contribution in [-0.4, -0.2) is 19.3 Å². The SMILES string of the molecule is N#CC(C#N)=CNC[C@H]1COc2ccccc2O1. The molecule has 1 aliphatic rings. The number of ether oxygens (including phenoxy) is 2. The fourth-order valence-electron chi connectivity index (χ4n) is 1.55. The highest BCUT2D eigenvalue weighted by Gasteiger charge is 2.19. The monoisotopic (exact) mass is 241 g/mol. The van der Waals surface area contributed by atoms with Crippen molar-refractivity contribution >= 4 is 0 Å². The molecule has 1 N–H and O–H groups in total. The van der Waals surface area contributed by atoms with Crippen molar-refractivity contribution in [2.24, 2.45) is 0 Å². The zero-order valence-corrected chi connectivity index (χ0v) is 9.59. The van der Waals surface area contributed by atoms with Crippen LogP contribution in [0.2, 0.25) is 0 Å². The Kier molecular flexibility index (Phi) is 3.68. The number of para-hydroxylation sites is 2. The van der Waals surface area contributed by atoms with E-state index < -0.39 is 0 Å². The number of nitrogens with zero attached hydrogens (tertiary/aromatic N) is 2. The molecule has 90 valence electrons. The van der Waals surface area contributed by atoms with E-state index in [9.17, 15) is 0 Å². The molecule has 5 heteroatoms. The zero-order chi connectivity index (χ0) is 12.8. The van der Waals surface area contributed by atoms with Gasteiger partial charge in [-0.3, -0.25) is 0 Å². The van der Waals surface area contributed by atoms with Crippen molar-refractivity contribution in [1.82, 2.24) is 5.32 Å². The largest absolute Gasteiger partial charge is 0.486 e. The molecule has 0 radical (unpaired) electrons. The van der Waals surface area contributed by atoms with Crippen LogP contribution < -0.4 is 14.8 Å². The maximum atomic E-state index is 8.56. The standard InChI is InChI=1S/C13H11N3O2/c14-5-10(6-15)7-16-8-11-9-17-12-3-1-2-4-13(12)18-11/h1-4,7,11,16H,8-9H2/t11-/m0/s1. The van der Waals surface area contributed by atoms with Crippen LogP contribution in [-0.2, 0) is 0 Å². The Labute approximate surface area is 105 Å². The quantitative estimate of drug-likeness (QED) is 0.808. The van der Waals surface area contributed by atoms with Gasteiger partial charge in [0.1, 0.15) is 30.4 Å². The van der Waals surface area contributed by atoms with Crippen molar-refractivity contribution in [3.05, 3.63) is 36.0 Å². The average Bonchev–Trinajstić information content (AvgIpc) is 2.43. The molecule has 2 rings (SSSR count). The molecule has 1 aliphatic heterocycles. The summed E-state index contributed by atoms with van der Waals surface area (Å²) in [5, 5.41) is 20.0. The molecule has 1 atom stereocenters. The summed E-state index contributed by atoms with van der Waals surface area (Å²) in [4.78, 5) is 0. The molecule has 18 heavy (non-hydrogen) atoms. The summed E-state index contributed by atoms with van der Waals surface area (Å²) in [7, 11) is 0. The minimum absolute atomic E-state index is 0.0344. The molecule has 0 saturated heterocycles. The minimum Gasteiger partial charge on any atom is -0.486 e. The van der Waals surface area contributed by atoms with E-state index in [0.29, 0.717) is 18.9 Å². The van der Waals surface area contributed by atoms with Crippen molar-refractivity contribution in [2.75, 3.05) is 13.2 Å². The first-order chi connectivity index (χ1) is 8.83. The van der Waals surface area contributed by atoms with Crippen LogP contribution in [0.3, 0.4) is 0 Å².